The number of anilines is 2. The van der Waals surface area contributed by atoms with Gasteiger partial charge in [-0.3, -0.25) is 0 Å². The van der Waals surface area contributed by atoms with Crippen LogP contribution in [0.25, 0.3) is 0 Å². The Hall–Kier alpha value is -0.945. The summed E-state index contributed by atoms with van der Waals surface area (Å²) in [6.07, 6.45) is 4.99. The third-order valence-corrected chi connectivity index (χ3v) is 8.11. The number of hydrogen-bond acceptors (Lipinski definition) is 4. The van der Waals surface area contributed by atoms with Crippen LogP contribution < -0.4 is 10.4 Å². The van der Waals surface area contributed by atoms with Gasteiger partial charge in [0.25, 0.3) is 0 Å². The standard InChI is InChI=1S/C24H31BBrNO2S/c1-23(2)24(3,4)29-25(28-23)18-13-14-20-22(17-18)30-21-12-8-7-11-19(21)27(20)16-10-6-5-9-15-26/h7-8,11-14,17H,5-6,9-10,15-16H2,1-4H3. The van der Waals surface area contributed by atoms with Gasteiger partial charge in [-0.1, -0.05) is 58.7 Å². The van der Waals surface area contributed by atoms with Crippen LogP contribution in [0.5, 0.6) is 0 Å². The molecule has 1 saturated heterocycles. The van der Waals surface area contributed by atoms with E-state index in [1.54, 1.807) is 0 Å². The van der Waals surface area contributed by atoms with Crippen LogP contribution in [-0.2, 0) is 9.31 Å². The normalized spacial score (nSPS) is 19.0. The number of nitrogens with zero attached hydrogens (tertiary/aromatic N) is 1. The van der Waals surface area contributed by atoms with Crippen LogP contribution in [0.4, 0.5) is 11.4 Å². The van der Waals surface area contributed by atoms with Crippen molar-refractivity contribution in [3.63, 3.8) is 0 Å². The summed E-state index contributed by atoms with van der Waals surface area (Å²) < 4.78 is 12.6. The van der Waals surface area contributed by atoms with Crippen LogP contribution in [-0.4, -0.2) is 30.2 Å². The minimum atomic E-state index is -0.325. The molecule has 30 heavy (non-hydrogen) atoms. The molecule has 0 radical (unpaired) electrons. The molecule has 2 aromatic rings. The van der Waals surface area contributed by atoms with Gasteiger partial charge >= 0.3 is 7.12 Å². The predicted molar refractivity (Wildman–Crippen MR) is 132 cm³/mol. The Bertz CT molecular complexity index is 889. The number of unbranched alkanes of at least 4 members (excludes halogenated alkanes) is 3. The second-order valence-corrected chi connectivity index (χ2v) is 11.0. The topological polar surface area (TPSA) is 21.7 Å². The molecular formula is C24H31BBrNO2S. The SMILES string of the molecule is CC1(C)OB(c2ccc3c(c2)Sc2ccccc2N3CCCCCCBr)OC1(C)C. The molecule has 0 saturated carbocycles. The van der Waals surface area contributed by atoms with Gasteiger partial charge in [-0.25, -0.2) is 0 Å². The smallest absolute Gasteiger partial charge is 0.399 e. The monoisotopic (exact) mass is 487 g/mol. The van der Waals surface area contributed by atoms with E-state index < -0.39 is 0 Å². The van der Waals surface area contributed by atoms with Crippen LogP contribution in [0.3, 0.4) is 0 Å². The van der Waals surface area contributed by atoms with E-state index in [0.717, 1.165) is 17.3 Å². The summed E-state index contributed by atoms with van der Waals surface area (Å²) >= 11 is 5.38. The van der Waals surface area contributed by atoms with Crippen molar-refractivity contribution < 1.29 is 9.31 Å². The fourth-order valence-electron chi connectivity index (χ4n) is 3.93. The van der Waals surface area contributed by atoms with Crippen LogP contribution in [0.1, 0.15) is 53.4 Å². The molecule has 0 unspecified atom stereocenters. The molecule has 1 fully saturated rings. The van der Waals surface area contributed by atoms with Crippen LogP contribution in [0.15, 0.2) is 52.3 Å². The van der Waals surface area contributed by atoms with Crippen molar-refractivity contribution in [2.24, 2.45) is 0 Å². The van der Waals surface area contributed by atoms with Crippen molar-refractivity contribution in [3.05, 3.63) is 42.5 Å². The second-order valence-electron chi connectivity index (χ2n) is 9.14. The van der Waals surface area contributed by atoms with Crippen molar-refractivity contribution in [2.75, 3.05) is 16.8 Å². The average Bonchev–Trinajstić information content (AvgIpc) is 2.93. The first-order valence-electron chi connectivity index (χ1n) is 10.9. The average molecular weight is 488 g/mol. The third-order valence-electron chi connectivity index (χ3n) is 6.44. The lowest BCUT2D eigenvalue weighted by atomic mass is 9.79. The minimum absolute atomic E-state index is 0.323. The number of para-hydroxylation sites is 1. The van der Waals surface area contributed by atoms with E-state index in [1.165, 1.54) is 46.8 Å². The van der Waals surface area contributed by atoms with Crippen molar-refractivity contribution >= 4 is 51.6 Å². The summed E-state index contributed by atoms with van der Waals surface area (Å²) in [5, 5.41) is 1.10. The molecule has 2 aliphatic rings. The number of rotatable bonds is 7. The summed E-state index contributed by atoms with van der Waals surface area (Å²) in [5.41, 5.74) is 3.05. The van der Waals surface area contributed by atoms with E-state index in [1.807, 2.05) is 11.8 Å². The molecule has 6 heteroatoms. The molecule has 0 spiro atoms. The summed E-state index contributed by atoms with van der Waals surface area (Å²) in [6, 6.07) is 15.4. The molecule has 2 heterocycles. The van der Waals surface area contributed by atoms with Crippen LogP contribution in [0, 0.1) is 0 Å². The quantitative estimate of drug-likeness (QED) is 0.251. The molecule has 0 N–H and O–H groups in total. The molecule has 4 rings (SSSR count). The maximum Gasteiger partial charge on any atom is 0.494 e. The van der Waals surface area contributed by atoms with E-state index >= 15 is 0 Å². The van der Waals surface area contributed by atoms with Gasteiger partial charge in [0.2, 0.25) is 0 Å². The Balaban J connectivity index is 1.59. The Kier molecular flexibility index (Phi) is 6.60. The molecular weight excluding hydrogens is 457 g/mol. The predicted octanol–water partition coefficient (Wildman–Crippen LogP) is 6.54. The van der Waals surface area contributed by atoms with Crippen molar-refractivity contribution in [1.29, 1.82) is 0 Å². The molecule has 0 aromatic heterocycles. The first-order chi connectivity index (χ1) is 14.3. The van der Waals surface area contributed by atoms with Gasteiger partial charge in [-0.2, -0.15) is 0 Å². The Labute approximate surface area is 194 Å². The summed E-state index contributed by atoms with van der Waals surface area (Å²) in [4.78, 5) is 5.08. The van der Waals surface area contributed by atoms with Gasteiger partial charge in [0.1, 0.15) is 0 Å². The maximum atomic E-state index is 6.29. The van der Waals surface area contributed by atoms with Crippen molar-refractivity contribution in [2.45, 2.75) is 74.4 Å². The van der Waals surface area contributed by atoms with Gasteiger partial charge in [0, 0.05) is 21.7 Å². The molecule has 0 aliphatic carbocycles. The molecule has 160 valence electrons. The molecule has 0 bridgehead atoms. The molecule has 0 amide bonds. The van der Waals surface area contributed by atoms with Crippen LogP contribution >= 0.6 is 27.7 Å². The van der Waals surface area contributed by atoms with E-state index in [0.29, 0.717) is 0 Å². The van der Waals surface area contributed by atoms with Crippen LogP contribution in [0.2, 0.25) is 0 Å². The fourth-order valence-corrected chi connectivity index (χ4v) is 5.48. The highest BCUT2D eigenvalue weighted by Crippen LogP contribution is 2.48. The van der Waals surface area contributed by atoms with Gasteiger partial charge in [-0.05, 0) is 70.3 Å². The number of benzene rings is 2. The lowest BCUT2D eigenvalue weighted by molar-refractivity contribution is 0.00578. The lowest BCUT2D eigenvalue weighted by Crippen LogP contribution is -2.41. The first-order valence-corrected chi connectivity index (χ1v) is 12.9. The second kappa shape index (κ2) is 8.89. The fraction of sp³-hybridized carbons (Fsp3) is 0.500. The number of halogens is 1. The van der Waals surface area contributed by atoms with Gasteiger partial charge in [0.15, 0.2) is 0 Å². The van der Waals surface area contributed by atoms with Gasteiger partial charge in [-0.15, -0.1) is 0 Å². The highest BCUT2D eigenvalue weighted by Gasteiger charge is 2.51. The Morgan fingerprint density at radius 1 is 0.867 bits per heavy atom. The largest absolute Gasteiger partial charge is 0.494 e. The van der Waals surface area contributed by atoms with E-state index in [9.17, 15) is 0 Å². The number of alkyl halides is 1. The highest BCUT2D eigenvalue weighted by molar-refractivity contribution is 9.09. The minimum Gasteiger partial charge on any atom is -0.399 e. The zero-order chi connectivity index (χ0) is 21.4. The Morgan fingerprint density at radius 2 is 1.53 bits per heavy atom. The van der Waals surface area contributed by atoms with Gasteiger partial charge in [0.05, 0.1) is 22.6 Å². The molecule has 2 aliphatic heterocycles. The molecule has 3 nitrogen and oxygen atoms in total. The number of fused-ring (bicyclic) bond motifs is 2. The zero-order valence-electron chi connectivity index (χ0n) is 18.4. The summed E-state index contributed by atoms with van der Waals surface area (Å²) in [7, 11) is -0.323. The Morgan fingerprint density at radius 3 is 2.27 bits per heavy atom. The van der Waals surface area contributed by atoms with E-state index in [4.69, 9.17) is 9.31 Å². The van der Waals surface area contributed by atoms with E-state index in [2.05, 4.69) is 91.0 Å². The first kappa shape index (κ1) is 22.3. The highest BCUT2D eigenvalue weighted by atomic mass is 79.9. The van der Waals surface area contributed by atoms with E-state index in [-0.39, 0.29) is 18.3 Å². The lowest BCUT2D eigenvalue weighted by Gasteiger charge is -2.33. The molecule has 2 aromatic carbocycles. The zero-order valence-corrected chi connectivity index (χ0v) is 20.8. The molecule has 0 atom stereocenters. The summed E-state index contributed by atoms with van der Waals surface area (Å²) in [6.45, 7) is 9.46. The third kappa shape index (κ3) is 4.34. The maximum absolute atomic E-state index is 6.29. The van der Waals surface area contributed by atoms with Gasteiger partial charge < -0.3 is 14.2 Å². The van der Waals surface area contributed by atoms with Crippen molar-refractivity contribution in [1.82, 2.24) is 0 Å². The summed E-state index contributed by atoms with van der Waals surface area (Å²) in [5.74, 6) is 0. The number of hydrogen-bond donors (Lipinski definition) is 0. The van der Waals surface area contributed by atoms with Crippen molar-refractivity contribution in [3.8, 4) is 0 Å².